The molecule has 1 aliphatic heterocycles. The number of anilines is 2. The van der Waals surface area contributed by atoms with Crippen molar-refractivity contribution in [1.82, 2.24) is 0 Å². The van der Waals surface area contributed by atoms with Crippen molar-refractivity contribution in [1.29, 1.82) is 0 Å². The van der Waals surface area contributed by atoms with Crippen molar-refractivity contribution >= 4 is 39.2 Å². The summed E-state index contributed by atoms with van der Waals surface area (Å²) in [5.41, 5.74) is 0.0702. The van der Waals surface area contributed by atoms with Gasteiger partial charge >= 0.3 is 11.9 Å². The monoisotopic (exact) mass is 434 g/mol. The summed E-state index contributed by atoms with van der Waals surface area (Å²) < 4.78 is 42.7. The lowest BCUT2D eigenvalue weighted by Crippen LogP contribution is -2.34. The number of hydrogen-bond donors (Lipinski definition) is 2. The third-order valence-corrected chi connectivity index (χ3v) is 5.60. The molecular formula is C19H18N2O8S. The zero-order chi connectivity index (χ0) is 22.1. The van der Waals surface area contributed by atoms with Gasteiger partial charge in [0, 0.05) is 0 Å². The number of methoxy groups -OCH3 is 2. The van der Waals surface area contributed by atoms with E-state index in [1.165, 1.54) is 36.4 Å². The Morgan fingerprint density at radius 3 is 2.20 bits per heavy atom. The fourth-order valence-corrected chi connectivity index (χ4v) is 3.79. The quantitative estimate of drug-likeness (QED) is 0.680. The second kappa shape index (κ2) is 8.03. The van der Waals surface area contributed by atoms with E-state index in [9.17, 15) is 22.8 Å². The Kier molecular flexibility index (Phi) is 5.65. The van der Waals surface area contributed by atoms with Gasteiger partial charge in [0.2, 0.25) is 0 Å². The average Bonchev–Trinajstić information content (AvgIpc) is 2.72. The number of esters is 2. The molecule has 0 spiro atoms. The molecule has 1 heterocycles. The highest BCUT2D eigenvalue weighted by atomic mass is 32.2. The Bertz CT molecular complexity index is 1110. The molecule has 158 valence electrons. The van der Waals surface area contributed by atoms with Gasteiger partial charge in [0.15, 0.2) is 6.10 Å². The highest BCUT2D eigenvalue weighted by molar-refractivity contribution is 7.92. The van der Waals surface area contributed by atoms with Crippen LogP contribution >= 0.6 is 0 Å². The van der Waals surface area contributed by atoms with Crippen molar-refractivity contribution < 1.29 is 37.0 Å². The zero-order valence-corrected chi connectivity index (χ0v) is 17.0. The lowest BCUT2D eigenvalue weighted by atomic mass is 10.1. The molecule has 0 bridgehead atoms. The van der Waals surface area contributed by atoms with Gasteiger partial charge in [-0.1, -0.05) is 0 Å². The van der Waals surface area contributed by atoms with Crippen molar-refractivity contribution in [2.75, 3.05) is 24.3 Å². The molecule has 1 atom stereocenters. The van der Waals surface area contributed by atoms with E-state index in [-0.39, 0.29) is 27.4 Å². The third-order valence-electron chi connectivity index (χ3n) is 4.22. The number of fused-ring (bicyclic) bond motifs is 1. The molecule has 30 heavy (non-hydrogen) atoms. The number of ether oxygens (including phenoxy) is 3. The highest BCUT2D eigenvalue weighted by Gasteiger charge is 2.26. The number of carbonyl (C=O) groups excluding carboxylic acids is 3. The maximum Gasteiger partial charge on any atom is 0.337 e. The van der Waals surface area contributed by atoms with Crippen LogP contribution in [0.3, 0.4) is 0 Å². The molecule has 2 aromatic rings. The molecule has 10 nitrogen and oxygen atoms in total. The van der Waals surface area contributed by atoms with Gasteiger partial charge in [0.25, 0.3) is 15.9 Å². The van der Waals surface area contributed by atoms with Crippen LogP contribution in [-0.2, 0) is 24.3 Å². The van der Waals surface area contributed by atoms with Crippen molar-refractivity contribution in [3.8, 4) is 5.75 Å². The van der Waals surface area contributed by atoms with Crippen molar-refractivity contribution in [3.05, 3.63) is 47.5 Å². The van der Waals surface area contributed by atoms with Crippen molar-refractivity contribution in [2.45, 2.75) is 17.9 Å². The van der Waals surface area contributed by atoms with Crippen LogP contribution in [0.5, 0.6) is 5.75 Å². The molecule has 0 saturated carbocycles. The topological polar surface area (TPSA) is 137 Å². The van der Waals surface area contributed by atoms with Crippen LogP contribution in [-0.4, -0.2) is 46.6 Å². The molecule has 11 heteroatoms. The molecule has 3 rings (SSSR count). The molecule has 0 fully saturated rings. The normalized spacial score (nSPS) is 15.3. The molecular weight excluding hydrogens is 416 g/mol. The Hall–Kier alpha value is -3.60. The SMILES string of the molecule is COC(=O)c1cc(NS(=O)(=O)c2ccc3c(c2)NC(=O)C(C)O3)cc(C(=O)OC)c1. The molecule has 0 aromatic heterocycles. The molecule has 1 aliphatic rings. The maximum atomic E-state index is 12.8. The predicted octanol–water partition coefficient (Wildman–Crippen LogP) is 1.78. The van der Waals surface area contributed by atoms with E-state index in [1.807, 2.05) is 0 Å². The minimum atomic E-state index is -4.14. The Labute approximate surface area is 172 Å². The number of amides is 1. The van der Waals surface area contributed by atoms with Gasteiger partial charge in [0.05, 0.1) is 41.6 Å². The van der Waals surface area contributed by atoms with Crippen LogP contribution in [0.15, 0.2) is 41.3 Å². The number of carbonyl (C=O) groups is 3. The fourth-order valence-electron chi connectivity index (χ4n) is 2.73. The molecule has 2 aromatic carbocycles. The number of sulfonamides is 1. The average molecular weight is 434 g/mol. The lowest BCUT2D eigenvalue weighted by molar-refractivity contribution is -0.122. The molecule has 0 radical (unpaired) electrons. The van der Waals surface area contributed by atoms with Crippen LogP contribution in [0.2, 0.25) is 0 Å². The summed E-state index contributed by atoms with van der Waals surface area (Å²) in [5, 5.41) is 2.57. The summed E-state index contributed by atoms with van der Waals surface area (Å²) in [6.45, 7) is 1.57. The largest absolute Gasteiger partial charge is 0.479 e. The van der Waals surface area contributed by atoms with Gasteiger partial charge in [-0.25, -0.2) is 18.0 Å². The maximum absolute atomic E-state index is 12.8. The summed E-state index contributed by atoms with van der Waals surface area (Å²) in [6.07, 6.45) is -0.698. The first-order valence-corrected chi connectivity index (χ1v) is 10.1. The van der Waals surface area contributed by atoms with Crippen LogP contribution < -0.4 is 14.8 Å². The van der Waals surface area contributed by atoms with Gasteiger partial charge in [-0.2, -0.15) is 0 Å². The highest BCUT2D eigenvalue weighted by Crippen LogP contribution is 2.32. The first-order valence-electron chi connectivity index (χ1n) is 8.60. The van der Waals surface area contributed by atoms with Crippen LogP contribution in [0.25, 0.3) is 0 Å². The van der Waals surface area contributed by atoms with Crippen molar-refractivity contribution in [3.63, 3.8) is 0 Å². The Balaban J connectivity index is 1.97. The minimum Gasteiger partial charge on any atom is -0.479 e. The minimum absolute atomic E-state index is 0.0433. The van der Waals surface area contributed by atoms with Gasteiger partial charge < -0.3 is 19.5 Å². The van der Waals surface area contributed by atoms with E-state index in [0.717, 1.165) is 14.2 Å². The molecule has 1 unspecified atom stereocenters. The summed E-state index contributed by atoms with van der Waals surface area (Å²) in [6, 6.07) is 7.64. The van der Waals surface area contributed by atoms with Crippen LogP contribution in [0, 0.1) is 0 Å². The van der Waals surface area contributed by atoms with Gasteiger partial charge in [-0.05, 0) is 43.3 Å². The fraction of sp³-hybridized carbons (Fsp3) is 0.211. The predicted molar refractivity (Wildman–Crippen MR) is 105 cm³/mol. The van der Waals surface area contributed by atoms with Crippen LogP contribution in [0.4, 0.5) is 11.4 Å². The third kappa shape index (κ3) is 4.20. The summed E-state index contributed by atoms with van der Waals surface area (Å²) in [4.78, 5) is 35.4. The second-order valence-corrected chi connectivity index (χ2v) is 7.98. The van der Waals surface area contributed by atoms with E-state index in [1.54, 1.807) is 6.92 Å². The lowest BCUT2D eigenvalue weighted by Gasteiger charge is -2.23. The van der Waals surface area contributed by atoms with E-state index in [2.05, 4.69) is 19.5 Å². The first kappa shape index (κ1) is 21.1. The van der Waals surface area contributed by atoms with Gasteiger partial charge in [0.1, 0.15) is 5.75 Å². The van der Waals surface area contributed by atoms with E-state index >= 15 is 0 Å². The van der Waals surface area contributed by atoms with E-state index in [4.69, 9.17) is 4.74 Å². The number of rotatable bonds is 5. The number of hydrogen-bond acceptors (Lipinski definition) is 8. The summed E-state index contributed by atoms with van der Waals surface area (Å²) >= 11 is 0. The van der Waals surface area contributed by atoms with Crippen molar-refractivity contribution in [2.24, 2.45) is 0 Å². The molecule has 2 N–H and O–H groups in total. The van der Waals surface area contributed by atoms with Gasteiger partial charge in [-0.15, -0.1) is 0 Å². The zero-order valence-electron chi connectivity index (χ0n) is 16.2. The number of benzene rings is 2. The number of nitrogens with one attached hydrogen (secondary N) is 2. The smallest absolute Gasteiger partial charge is 0.337 e. The standard InChI is InChI=1S/C19H18N2O8S/c1-10-17(22)20-15-9-14(4-5-16(15)29-10)30(25,26)21-13-7-11(18(23)27-2)6-12(8-13)19(24)28-3/h4-10,21H,1-3H3,(H,20,22). The summed E-state index contributed by atoms with van der Waals surface area (Å²) in [5.74, 6) is -1.59. The van der Waals surface area contributed by atoms with Gasteiger partial charge in [-0.3, -0.25) is 9.52 Å². The first-order chi connectivity index (χ1) is 14.1. The second-order valence-electron chi connectivity index (χ2n) is 6.29. The Morgan fingerprint density at radius 1 is 1.03 bits per heavy atom. The van der Waals surface area contributed by atoms with E-state index < -0.39 is 34.0 Å². The van der Waals surface area contributed by atoms with Crippen LogP contribution in [0.1, 0.15) is 27.6 Å². The van der Waals surface area contributed by atoms with E-state index in [0.29, 0.717) is 5.75 Å². The molecule has 1 amide bonds. The molecule has 0 saturated heterocycles. The summed E-state index contributed by atoms with van der Waals surface area (Å²) in [7, 11) is -1.83. The molecule has 0 aliphatic carbocycles. The Morgan fingerprint density at radius 2 is 1.63 bits per heavy atom.